The minimum atomic E-state index is 0.266. The summed E-state index contributed by atoms with van der Waals surface area (Å²) in [6.07, 6.45) is 4.12. The molecule has 2 aliphatic heterocycles. The van der Waals surface area contributed by atoms with E-state index in [2.05, 4.69) is 42.7 Å². The van der Waals surface area contributed by atoms with Crippen molar-refractivity contribution in [1.82, 2.24) is 15.1 Å². The van der Waals surface area contributed by atoms with Gasteiger partial charge in [-0.3, -0.25) is 9.79 Å². The van der Waals surface area contributed by atoms with Gasteiger partial charge in [0.05, 0.1) is 6.54 Å². The molecule has 0 saturated carbocycles. The average molecular weight is 355 g/mol. The highest BCUT2D eigenvalue weighted by Crippen LogP contribution is 2.21. The third kappa shape index (κ3) is 5.87. The lowest BCUT2D eigenvalue weighted by atomic mass is 10.00. The van der Waals surface area contributed by atoms with E-state index in [0.29, 0.717) is 24.1 Å². The molecular weight excluding hydrogens is 320 g/mol. The van der Waals surface area contributed by atoms with E-state index in [4.69, 9.17) is 4.99 Å². The Kier molecular flexibility index (Phi) is 8.22. The summed E-state index contributed by atoms with van der Waals surface area (Å²) >= 11 is 2.06. The molecule has 2 fully saturated rings. The molecule has 0 aliphatic carbocycles. The van der Waals surface area contributed by atoms with Crippen LogP contribution in [0.4, 0.5) is 0 Å². The maximum absolute atomic E-state index is 12.4. The Morgan fingerprint density at radius 1 is 1.25 bits per heavy atom. The standard InChI is InChI=1S/C18H34N4OS/c1-4-16-14-22(11-12-24-16)18(19-5-2)20-9-8-17(23)21-10-6-7-15(3)13-21/h15-16H,4-14H2,1-3H3,(H,19,20). The molecule has 2 rings (SSSR count). The van der Waals surface area contributed by atoms with Crippen LogP contribution < -0.4 is 5.32 Å². The third-order valence-electron chi connectivity index (χ3n) is 4.83. The fourth-order valence-electron chi connectivity index (χ4n) is 3.42. The Morgan fingerprint density at radius 2 is 2.08 bits per heavy atom. The van der Waals surface area contributed by atoms with Crippen molar-refractivity contribution in [3.8, 4) is 0 Å². The van der Waals surface area contributed by atoms with E-state index >= 15 is 0 Å². The summed E-state index contributed by atoms with van der Waals surface area (Å²) in [6, 6.07) is 0. The van der Waals surface area contributed by atoms with E-state index in [0.717, 1.165) is 50.9 Å². The van der Waals surface area contributed by atoms with Crippen molar-refractivity contribution in [1.29, 1.82) is 0 Å². The smallest absolute Gasteiger partial charge is 0.224 e. The van der Waals surface area contributed by atoms with Crippen molar-refractivity contribution in [3.63, 3.8) is 0 Å². The van der Waals surface area contributed by atoms with Crippen LogP contribution >= 0.6 is 11.8 Å². The molecule has 24 heavy (non-hydrogen) atoms. The average Bonchev–Trinajstić information content (AvgIpc) is 2.61. The molecule has 138 valence electrons. The highest BCUT2D eigenvalue weighted by atomic mass is 32.2. The fourth-order valence-corrected chi connectivity index (χ4v) is 4.60. The van der Waals surface area contributed by atoms with Gasteiger partial charge in [-0.25, -0.2) is 0 Å². The summed E-state index contributed by atoms with van der Waals surface area (Å²) in [5.74, 6) is 3.05. The molecule has 1 N–H and O–H groups in total. The van der Waals surface area contributed by atoms with Crippen LogP contribution in [-0.2, 0) is 4.79 Å². The number of aliphatic imine (C=N–C) groups is 1. The van der Waals surface area contributed by atoms with Gasteiger partial charge in [-0.2, -0.15) is 11.8 Å². The van der Waals surface area contributed by atoms with Crippen LogP contribution in [-0.4, -0.2) is 71.9 Å². The molecule has 0 radical (unpaired) electrons. The van der Waals surface area contributed by atoms with Crippen molar-refractivity contribution in [2.75, 3.05) is 45.0 Å². The molecule has 0 spiro atoms. The first-order valence-corrected chi connectivity index (χ1v) is 10.6. The van der Waals surface area contributed by atoms with Crippen LogP contribution in [0.1, 0.15) is 46.5 Å². The first-order chi connectivity index (χ1) is 11.6. The number of rotatable bonds is 5. The monoisotopic (exact) mass is 354 g/mol. The molecule has 0 aromatic carbocycles. The Labute approximate surface area is 151 Å². The minimum Gasteiger partial charge on any atom is -0.357 e. The van der Waals surface area contributed by atoms with Gasteiger partial charge in [0.25, 0.3) is 0 Å². The number of nitrogens with one attached hydrogen (secondary N) is 1. The van der Waals surface area contributed by atoms with Crippen LogP contribution in [0.25, 0.3) is 0 Å². The Bertz CT molecular complexity index is 429. The van der Waals surface area contributed by atoms with Gasteiger partial charge in [-0.15, -0.1) is 0 Å². The van der Waals surface area contributed by atoms with Crippen molar-refractivity contribution in [2.24, 2.45) is 10.9 Å². The summed E-state index contributed by atoms with van der Waals surface area (Å²) < 4.78 is 0. The first kappa shape index (κ1) is 19.4. The Hall–Kier alpha value is -0.910. The maximum Gasteiger partial charge on any atom is 0.224 e. The SMILES string of the molecule is CCNC(=NCCC(=O)N1CCCC(C)C1)N1CCSC(CC)C1. The summed E-state index contributed by atoms with van der Waals surface area (Å²) in [7, 11) is 0. The van der Waals surface area contributed by atoms with Crippen LogP contribution in [0.3, 0.4) is 0 Å². The lowest BCUT2D eigenvalue weighted by Crippen LogP contribution is -2.48. The zero-order valence-corrected chi connectivity index (χ0v) is 16.4. The number of hydrogen-bond acceptors (Lipinski definition) is 3. The van der Waals surface area contributed by atoms with Crippen LogP contribution in [0.5, 0.6) is 0 Å². The molecule has 0 bridgehead atoms. The zero-order valence-electron chi connectivity index (χ0n) is 15.6. The second-order valence-corrected chi connectivity index (χ2v) is 8.33. The Morgan fingerprint density at radius 3 is 2.79 bits per heavy atom. The topological polar surface area (TPSA) is 47.9 Å². The molecule has 0 aromatic rings. The van der Waals surface area contributed by atoms with Gasteiger partial charge in [-0.1, -0.05) is 13.8 Å². The zero-order chi connectivity index (χ0) is 17.4. The van der Waals surface area contributed by atoms with Crippen LogP contribution in [0, 0.1) is 5.92 Å². The molecule has 2 unspecified atom stereocenters. The predicted molar refractivity (Wildman–Crippen MR) is 104 cm³/mol. The number of carbonyl (C=O) groups is 1. The van der Waals surface area contributed by atoms with Gasteiger partial charge in [0.1, 0.15) is 0 Å². The number of thioether (sulfide) groups is 1. The molecule has 2 aliphatic rings. The summed E-state index contributed by atoms with van der Waals surface area (Å²) in [5, 5.41) is 4.09. The van der Waals surface area contributed by atoms with Crippen molar-refractivity contribution < 1.29 is 4.79 Å². The summed E-state index contributed by atoms with van der Waals surface area (Å²) in [6.45, 7) is 12.0. The number of guanidine groups is 1. The highest BCUT2D eigenvalue weighted by molar-refractivity contribution is 8.00. The lowest BCUT2D eigenvalue weighted by molar-refractivity contribution is -0.132. The number of amides is 1. The van der Waals surface area contributed by atoms with Gasteiger partial charge in [0.15, 0.2) is 5.96 Å². The molecular formula is C18H34N4OS. The van der Waals surface area contributed by atoms with E-state index in [-0.39, 0.29) is 5.91 Å². The number of likely N-dealkylation sites (tertiary alicyclic amines) is 1. The van der Waals surface area contributed by atoms with Crippen LogP contribution in [0.15, 0.2) is 4.99 Å². The van der Waals surface area contributed by atoms with E-state index in [1.54, 1.807) is 0 Å². The number of piperidine rings is 1. The Balaban J connectivity index is 1.85. The number of hydrogen-bond donors (Lipinski definition) is 1. The molecule has 0 aromatic heterocycles. The van der Waals surface area contributed by atoms with E-state index < -0.39 is 0 Å². The van der Waals surface area contributed by atoms with Gasteiger partial charge in [0, 0.05) is 50.1 Å². The summed E-state index contributed by atoms with van der Waals surface area (Å²) in [4.78, 5) is 21.5. The molecule has 2 atom stereocenters. The van der Waals surface area contributed by atoms with E-state index in [1.807, 2.05) is 4.90 Å². The normalized spacial score (nSPS) is 25.7. The maximum atomic E-state index is 12.4. The van der Waals surface area contributed by atoms with Crippen molar-refractivity contribution >= 4 is 23.6 Å². The quantitative estimate of drug-likeness (QED) is 0.608. The van der Waals surface area contributed by atoms with E-state index in [1.165, 1.54) is 12.8 Å². The largest absolute Gasteiger partial charge is 0.357 e. The van der Waals surface area contributed by atoms with Crippen molar-refractivity contribution in [2.45, 2.75) is 51.7 Å². The molecule has 2 saturated heterocycles. The third-order valence-corrected chi connectivity index (χ3v) is 6.20. The fraction of sp³-hybridized carbons (Fsp3) is 0.889. The molecule has 2 heterocycles. The highest BCUT2D eigenvalue weighted by Gasteiger charge is 2.22. The molecule has 6 heteroatoms. The second kappa shape index (κ2) is 10.2. The van der Waals surface area contributed by atoms with Crippen LogP contribution in [0.2, 0.25) is 0 Å². The molecule has 1 amide bonds. The van der Waals surface area contributed by atoms with Gasteiger partial charge < -0.3 is 15.1 Å². The minimum absolute atomic E-state index is 0.266. The summed E-state index contributed by atoms with van der Waals surface area (Å²) in [5.41, 5.74) is 0. The second-order valence-electron chi connectivity index (χ2n) is 6.92. The van der Waals surface area contributed by atoms with Crippen molar-refractivity contribution in [3.05, 3.63) is 0 Å². The van der Waals surface area contributed by atoms with E-state index in [9.17, 15) is 4.79 Å². The number of nitrogens with zero attached hydrogens (tertiary/aromatic N) is 3. The predicted octanol–water partition coefficient (Wildman–Crippen LogP) is 2.43. The lowest BCUT2D eigenvalue weighted by Gasteiger charge is -2.34. The van der Waals surface area contributed by atoms with Gasteiger partial charge >= 0.3 is 0 Å². The van der Waals surface area contributed by atoms with Gasteiger partial charge in [0.2, 0.25) is 5.91 Å². The van der Waals surface area contributed by atoms with Gasteiger partial charge in [-0.05, 0) is 32.1 Å². The first-order valence-electron chi connectivity index (χ1n) is 9.56. The number of carbonyl (C=O) groups excluding carboxylic acids is 1. The molecule has 5 nitrogen and oxygen atoms in total.